The van der Waals surface area contributed by atoms with Crippen molar-refractivity contribution in [2.24, 2.45) is 0 Å². The highest BCUT2D eigenvalue weighted by Gasteiger charge is 2.11. The molecule has 0 spiro atoms. The largest absolute Gasteiger partial charge is 0.351 e. The highest BCUT2D eigenvalue weighted by Crippen LogP contribution is 2.18. The van der Waals surface area contributed by atoms with Gasteiger partial charge in [0.15, 0.2) is 0 Å². The van der Waals surface area contributed by atoms with Gasteiger partial charge in [-0.25, -0.2) is 4.98 Å². The summed E-state index contributed by atoms with van der Waals surface area (Å²) in [4.78, 5) is 17.8. The maximum Gasteiger partial charge on any atom is 0.261 e. The van der Waals surface area contributed by atoms with E-state index in [4.69, 9.17) is 4.98 Å². The molecule has 31 heavy (non-hydrogen) atoms. The summed E-state index contributed by atoms with van der Waals surface area (Å²) >= 11 is 1.48. The molecule has 1 N–H and O–H groups in total. The molecule has 0 saturated carbocycles. The van der Waals surface area contributed by atoms with Crippen LogP contribution in [0.2, 0.25) is 0 Å². The third kappa shape index (κ3) is 7.49. The Kier molecular flexibility index (Phi) is 10.1. The summed E-state index contributed by atoms with van der Waals surface area (Å²) in [6.45, 7) is 3.89. The second-order valence-electron chi connectivity index (χ2n) is 8.33. The van der Waals surface area contributed by atoms with Crippen LogP contribution < -0.4 is 5.32 Å². The topological polar surface area (TPSA) is 46.9 Å². The molecule has 5 heteroatoms. The molecule has 0 radical (unpaired) electrons. The predicted molar refractivity (Wildman–Crippen MR) is 132 cm³/mol. The van der Waals surface area contributed by atoms with Crippen LogP contribution in [0.25, 0.3) is 11.0 Å². The lowest BCUT2D eigenvalue weighted by molar-refractivity contribution is 0.0958. The van der Waals surface area contributed by atoms with Gasteiger partial charge in [-0.15, -0.1) is 11.3 Å². The SMILES string of the molecule is CCCCCCCCCCCCn1c(CCNC(=O)c2cccs2)nc2ccccc21. The molecule has 168 valence electrons. The van der Waals surface area contributed by atoms with Crippen molar-refractivity contribution in [1.29, 1.82) is 0 Å². The number of benzene rings is 1. The van der Waals surface area contributed by atoms with Crippen molar-refractivity contribution in [2.45, 2.75) is 84.1 Å². The molecule has 0 fully saturated rings. The molecule has 3 aromatic rings. The Hall–Kier alpha value is -2.14. The number of fused-ring (bicyclic) bond motifs is 1. The molecule has 0 unspecified atom stereocenters. The molecule has 0 saturated heterocycles. The number of carbonyl (C=O) groups is 1. The van der Waals surface area contributed by atoms with Crippen LogP contribution in [0.15, 0.2) is 41.8 Å². The first-order chi connectivity index (χ1) is 15.3. The van der Waals surface area contributed by atoms with E-state index in [1.165, 1.54) is 81.1 Å². The summed E-state index contributed by atoms with van der Waals surface area (Å²) < 4.78 is 2.36. The van der Waals surface area contributed by atoms with E-state index in [2.05, 4.69) is 35.0 Å². The number of nitrogens with zero attached hydrogens (tertiary/aromatic N) is 2. The maximum atomic E-state index is 12.2. The third-order valence-corrected chi connectivity index (χ3v) is 6.72. The van der Waals surface area contributed by atoms with Crippen LogP contribution in [-0.4, -0.2) is 22.0 Å². The molecule has 0 aliphatic rings. The number of amides is 1. The number of hydrogen-bond acceptors (Lipinski definition) is 3. The van der Waals surface area contributed by atoms with E-state index < -0.39 is 0 Å². The monoisotopic (exact) mass is 439 g/mol. The highest BCUT2D eigenvalue weighted by molar-refractivity contribution is 7.12. The van der Waals surface area contributed by atoms with Gasteiger partial charge in [0.2, 0.25) is 0 Å². The van der Waals surface area contributed by atoms with Crippen LogP contribution in [0, 0.1) is 0 Å². The summed E-state index contributed by atoms with van der Waals surface area (Å²) in [6.07, 6.45) is 14.2. The molecule has 2 heterocycles. The van der Waals surface area contributed by atoms with E-state index in [0.29, 0.717) is 6.54 Å². The Labute approximate surface area is 191 Å². The normalized spacial score (nSPS) is 11.3. The minimum Gasteiger partial charge on any atom is -0.351 e. The fourth-order valence-corrected chi connectivity index (χ4v) is 4.75. The Morgan fingerprint density at radius 1 is 0.935 bits per heavy atom. The summed E-state index contributed by atoms with van der Waals surface area (Å²) in [7, 11) is 0. The van der Waals surface area contributed by atoms with Gasteiger partial charge < -0.3 is 9.88 Å². The van der Waals surface area contributed by atoms with Crippen LogP contribution in [0.5, 0.6) is 0 Å². The smallest absolute Gasteiger partial charge is 0.261 e. The molecular formula is C26H37N3OS. The first kappa shape index (κ1) is 23.5. The number of nitrogens with one attached hydrogen (secondary N) is 1. The summed E-state index contributed by atoms with van der Waals surface area (Å²) in [5.74, 6) is 1.08. The predicted octanol–water partition coefficient (Wildman–Crippen LogP) is 6.99. The Morgan fingerprint density at radius 2 is 1.65 bits per heavy atom. The number of para-hydroxylation sites is 2. The zero-order valence-electron chi connectivity index (χ0n) is 18.9. The van der Waals surface area contributed by atoms with Crippen LogP contribution in [0.3, 0.4) is 0 Å². The van der Waals surface area contributed by atoms with Crippen LogP contribution >= 0.6 is 11.3 Å². The fourth-order valence-electron chi connectivity index (χ4n) is 4.11. The van der Waals surface area contributed by atoms with Gasteiger partial charge in [0, 0.05) is 19.5 Å². The van der Waals surface area contributed by atoms with Crippen molar-refractivity contribution in [2.75, 3.05) is 6.54 Å². The molecule has 1 amide bonds. The molecule has 3 rings (SSSR count). The van der Waals surface area contributed by atoms with Crippen molar-refractivity contribution >= 4 is 28.3 Å². The second-order valence-corrected chi connectivity index (χ2v) is 9.28. The zero-order chi connectivity index (χ0) is 21.7. The van der Waals surface area contributed by atoms with Gasteiger partial charge in [-0.3, -0.25) is 4.79 Å². The number of unbranched alkanes of at least 4 members (excludes halogenated alkanes) is 9. The minimum absolute atomic E-state index is 0.00681. The van der Waals surface area contributed by atoms with Gasteiger partial charge in [-0.2, -0.15) is 0 Å². The van der Waals surface area contributed by atoms with E-state index >= 15 is 0 Å². The van der Waals surface area contributed by atoms with Crippen molar-refractivity contribution in [1.82, 2.24) is 14.9 Å². The number of rotatable bonds is 15. The summed E-state index contributed by atoms with van der Waals surface area (Å²) in [5, 5.41) is 4.96. The average Bonchev–Trinajstić information content (AvgIpc) is 3.44. The van der Waals surface area contributed by atoms with Crippen LogP contribution in [0.1, 0.15) is 86.6 Å². The number of hydrogen-bond donors (Lipinski definition) is 1. The molecule has 4 nitrogen and oxygen atoms in total. The summed E-state index contributed by atoms with van der Waals surface area (Å²) in [6, 6.07) is 12.1. The van der Waals surface area contributed by atoms with Gasteiger partial charge in [-0.05, 0) is 30.0 Å². The number of aromatic nitrogens is 2. The van der Waals surface area contributed by atoms with E-state index in [0.717, 1.165) is 29.2 Å². The Bertz CT molecular complexity index is 901. The van der Waals surface area contributed by atoms with E-state index in [1.807, 2.05) is 23.6 Å². The standard InChI is InChI=1S/C26H37N3OS/c1-2-3-4-5-6-7-8-9-10-13-20-29-23-16-12-11-15-22(23)28-25(29)18-19-27-26(30)24-17-14-21-31-24/h11-12,14-17,21H,2-10,13,18-20H2,1H3,(H,27,30). The molecule has 0 aliphatic carbocycles. The van der Waals surface area contributed by atoms with Gasteiger partial charge in [-0.1, -0.05) is 82.9 Å². The van der Waals surface area contributed by atoms with Crippen molar-refractivity contribution < 1.29 is 4.79 Å². The lowest BCUT2D eigenvalue weighted by atomic mass is 10.1. The first-order valence-corrected chi connectivity index (χ1v) is 12.9. The molecule has 0 bridgehead atoms. The maximum absolute atomic E-state index is 12.2. The van der Waals surface area contributed by atoms with Crippen LogP contribution in [0.4, 0.5) is 0 Å². The minimum atomic E-state index is 0.00681. The van der Waals surface area contributed by atoms with Gasteiger partial charge >= 0.3 is 0 Å². The summed E-state index contributed by atoms with van der Waals surface area (Å²) in [5.41, 5.74) is 2.26. The van der Waals surface area contributed by atoms with Crippen LogP contribution in [-0.2, 0) is 13.0 Å². The zero-order valence-corrected chi connectivity index (χ0v) is 19.8. The molecule has 0 aliphatic heterocycles. The van der Waals surface area contributed by atoms with Gasteiger partial charge in [0.25, 0.3) is 5.91 Å². The van der Waals surface area contributed by atoms with Gasteiger partial charge in [0.05, 0.1) is 15.9 Å². The number of aryl methyl sites for hydroxylation is 1. The lowest BCUT2D eigenvalue weighted by Gasteiger charge is -2.10. The van der Waals surface area contributed by atoms with E-state index in [-0.39, 0.29) is 5.91 Å². The first-order valence-electron chi connectivity index (χ1n) is 12.1. The number of carbonyl (C=O) groups excluding carboxylic acids is 1. The molecular weight excluding hydrogens is 402 g/mol. The lowest BCUT2D eigenvalue weighted by Crippen LogP contribution is -2.25. The average molecular weight is 440 g/mol. The Morgan fingerprint density at radius 3 is 2.35 bits per heavy atom. The quantitative estimate of drug-likeness (QED) is 0.259. The Balaban J connectivity index is 1.44. The molecule has 1 aromatic carbocycles. The van der Waals surface area contributed by atoms with Gasteiger partial charge in [0.1, 0.15) is 5.82 Å². The highest BCUT2D eigenvalue weighted by atomic mass is 32.1. The van der Waals surface area contributed by atoms with Crippen molar-refractivity contribution in [3.8, 4) is 0 Å². The van der Waals surface area contributed by atoms with Crippen molar-refractivity contribution in [3.05, 3.63) is 52.5 Å². The fraction of sp³-hybridized carbons (Fsp3) is 0.538. The molecule has 2 aromatic heterocycles. The third-order valence-electron chi connectivity index (χ3n) is 5.85. The number of imidazole rings is 1. The van der Waals surface area contributed by atoms with E-state index in [9.17, 15) is 4.79 Å². The number of thiophene rings is 1. The van der Waals surface area contributed by atoms with E-state index in [1.54, 1.807) is 0 Å². The second kappa shape index (κ2) is 13.3. The van der Waals surface area contributed by atoms with Crippen molar-refractivity contribution in [3.63, 3.8) is 0 Å². The molecule has 0 atom stereocenters.